The summed E-state index contributed by atoms with van der Waals surface area (Å²) in [6, 6.07) is 6.49. The molecule has 0 heterocycles. The highest BCUT2D eigenvalue weighted by Gasteiger charge is 2.26. The Balaban J connectivity index is 2.08. The van der Waals surface area contributed by atoms with Gasteiger partial charge in [-0.1, -0.05) is 90.9 Å². The second kappa shape index (κ2) is 15.1. The van der Waals surface area contributed by atoms with E-state index in [2.05, 4.69) is 13.8 Å². The Morgan fingerprint density at radius 1 is 0.759 bits per heavy atom. The van der Waals surface area contributed by atoms with Crippen molar-refractivity contribution in [3.63, 3.8) is 0 Å². The molecule has 1 rings (SSSR count). The van der Waals surface area contributed by atoms with Gasteiger partial charge in [0.1, 0.15) is 5.92 Å². The summed E-state index contributed by atoms with van der Waals surface area (Å²) < 4.78 is 0. The average Bonchev–Trinajstić information content (AvgIpc) is 2.68. The van der Waals surface area contributed by atoms with Gasteiger partial charge in [-0.25, -0.2) is 0 Å². The van der Waals surface area contributed by atoms with Gasteiger partial charge >= 0.3 is 5.97 Å². The van der Waals surface area contributed by atoms with Gasteiger partial charge in [-0.2, -0.15) is 0 Å². The Hall–Kier alpha value is -1.84. The third-order valence-corrected chi connectivity index (χ3v) is 5.58. The molecule has 1 atom stereocenters. The lowest BCUT2D eigenvalue weighted by Crippen LogP contribution is -2.24. The molecule has 0 aromatic heterocycles. The zero-order chi connectivity index (χ0) is 21.5. The Morgan fingerprint density at radius 3 is 1.59 bits per heavy atom. The number of carboxylic acids is 1. The van der Waals surface area contributed by atoms with Crippen LogP contribution in [0.15, 0.2) is 24.3 Å². The fourth-order valence-electron chi connectivity index (χ4n) is 3.71. The number of Topliss-reactive ketones (excluding diaryl/α,β-unsaturated/α-hetero) is 1. The molecule has 0 radical (unpaired) electrons. The molecule has 4 nitrogen and oxygen atoms in total. The van der Waals surface area contributed by atoms with Crippen LogP contribution in [0.4, 0.5) is 5.69 Å². The van der Waals surface area contributed by atoms with E-state index in [0.717, 1.165) is 25.2 Å². The molecule has 29 heavy (non-hydrogen) atoms. The van der Waals surface area contributed by atoms with E-state index in [0.29, 0.717) is 17.7 Å². The molecule has 0 aliphatic rings. The van der Waals surface area contributed by atoms with Gasteiger partial charge in [0.05, 0.1) is 0 Å². The minimum atomic E-state index is -1.03. The SMILES string of the molecule is CC(C)CCCCCCCCCCCCCC(C(=O)O)C(=O)c1ccc(N)cc1. The molecule has 0 bridgehead atoms. The van der Waals surface area contributed by atoms with Crippen LogP contribution in [0.3, 0.4) is 0 Å². The quantitative estimate of drug-likeness (QED) is 0.129. The van der Waals surface area contributed by atoms with E-state index in [-0.39, 0.29) is 5.78 Å². The number of carbonyl (C=O) groups is 2. The van der Waals surface area contributed by atoms with E-state index >= 15 is 0 Å². The Labute approximate surface area is 177 Å². The number of rotatable bonds is 17. The Bertz CT molecular complexity index is 580. The Kier molecular flexibility index (Phi) is 13.1. The van der Waals surface area contributed by atoms with Crippen molar-refractivity contribution in [2.45, 2.75) is 97.3 Å². The first kappa shape index (κ1) is 25.2. The first-order valence-electron chi connectivity index (χ1n) is 11.5. The van der Waals surface area contributed by atoms with Gasteiger partial charge in [0.2, 0.25) is 0 Å². The lowest BCUT2D eigenvalue weighted by atomic mass is 9.92. The van der Waals surface area contributed by atoms with Gasteiger partial charge in [0.25, 0.3) is 0 Å². The standard InChI is InChI=1S/C25H41NO3/c1-20(2)14-12-10-8-6-4-3-5-7-9-11-13-15-23(25(28)29)24(27)21-16-18-22(26)19-17-21/h16-20,23H,3-15,26H2,1-2H3,(H,28,29). The molecule has 0 fully saturated rings. The first-order chi connectivity index (χ1) is 13.9. The van der Waals surface area contributed by atoms with Crippen molar-refractivity contribution in [2.24, 2.45) is 11.8 Å². The smallest absolute Gasteiger partial charge is 0.314 e. The zero-order valence-electron chi connectivity index (χ0n) is 18.5. The summed E-state index contributed by atoms with van der Waals surface area (Å²) in [6.07, 6.45) is 15.2. The molecular weight excluding hydrogens is 362 g/mol. The van der Waals surface area contributed by atoms with Crippen LogP contribution < -0.4 is 5.73 Å². The summed E-state index contributed by atoms with van der Waals surface area (Å²) in [5.41, 5.74) is 6.62. The van der Waals surface area contributed by atoms with Crippen molar-refractivity contribution in [3.8, 4) is 0 Å². The van der Waals surface area contributed by atoms with Gasteiger partial charge in [0.15, 0.2) is 5.78 Å². The van der Waals surface area contributed by atoms with Crippen LogP contribution in [0.1, 0.15) is 108 Å². The predicted molar refractivity (Wildman–Crippen MR) is 121 cm³/mol. The molecule has 0 saturated heterocycles. The van der Waals surface area contributed by atoms with Crippen LogP contribution >= 0.6 is 0 Å². The van der Waals surface area contributed by atoms with Gasteiger partial charge in [0, 0.05) is 11.3 Å². The molecule has 3 N–H and O–H groups in total. The van der Waals surface area contributed by atoms with E-state index in [4.69, 9.17) is 5.73 Å². The summed E-state index contributed by atoms with van der Waals surface area (Å²) in [5, 5.41) is 9.42. The number of ketones is 1. The van der Waals surface area contributed by atoms with Crippen LogP contribution in [0.5, 0.6) is 0 Å². The number of nitrogen functional groups attached to an aromatic ring is 1. The molecule has 1 unspecified atom stereocenters. The van der Waals surface area contributed by atoms with Crippen molar-refractivity contribution in [2.75, 3.05) is 5.73 Å². The number of carboxylic acid groups (broad SMARTS) is 1. The fourth-order valence-corrected chi connectivity index (χ4v) is 3.71. The highest BCUT2D eigenvalue weighted by atomic mass is 16.4. The number of unbranched alkanes of at least 4 members (excludes halogenated alkanes) is 10. The minimum absolute atomic E-state index is 0.314. The number of aliphatic carboxylic acids is 1. The van der Waals surface area contributed by atoms with Gasteiger partial charge in [-0.15, -0.1) is 0 Å². The van der Waals surface area contributed by atoms with E-state index in [1.165, 1.54) is 57.8 Å². The highest BCUT2D eigenvalue weighted by molar-refractivity contribution is 6.08. The summed E-state index contributed by atoms with van der Waals surface area (Å²) in [4.78, 5) is 23.9. The van der Waals surface area contributed by atoms with Crippen molar-refractivity contribution < 1.29 is 14.7 Å². The number of hydrogen-bond donors (Lipinski definition) is 2. The second-order valence-electron chi connectivity index (χ2n) is 8.74. The summed E-state index contributed by atoms with van der Waals surface area (Å²) >= 11 is 0. The van der Waals surface area contributed by atoms with Crippen molar-refractivity contribution in [1.29, 1.82) is 0 Å². The van der Waals surface area contributed by atoms with E-state index in [9.17, 15) is 14.7 Å². The molecule has 0 aliphatic heterocycles. The summed E-state index contributed by atoms with van der Waals surface area (Å²) in [6.45, 7) is 4.58. The largest absolute Gasteiger partial charge is 0.481 e. The van der Waals surface area contributed by atoms with Crippen molar-refractivity contribution >= 4 is 17.4 Å². The molecule has 0 saturated carbocycles. The van der Waals surface area contributed by atoms with Gasteiger partial charge < -0.3 is 10.8 Å². The van der Waals surface area contributed by atoms with E-state index in [1.807, 2.05) is 0 Å². The lowest BCUT2D eigenvalue weighted by molar-refractivity contribution is -0.140. The minimum Gasteiger partial charge on any atom is -0.481 e. The highest BCUT2D eigenvalue weighted by Crippen LogP contribution is 2.19. The maximum absolute atomic E-state index is 12.4. The topological polar surface area (TPSA) is 80.4 Å². The normalized spacial score (nSPS) is 12.2. The molecule has 1 aromatic carbocycles. The molecule has 0 amide bonds. The Morgan fingerprint density at radius 2 is 1.17 bits per heavy atom. The third-order valence-electron chi connectivity index (χ3n) is 5.58. The van der Waals surface area contributed by atoms with Crippen LogP contribution in [0, 0.1) is 11.8 Å². The summed E-state index contributed by atoms with van der Waals surface area (Å²) in [7, 11) is 0. The average molecular weight is 404 g/mol. The van der Waals surface area contributed by atoms with Crippen molar-refractivity contribution in [1.82, 2.24) is 0 Å². The number of nitrogens with two attached hydrogens (primary N) is 1. The number of hydrogen-bond acceptors (Lipinski definition) is 3. The molecule has 4 heteroatoms. The van der Waals surface area contributed by atoms with Crippen LogP contribution in [0.2, 0.25) is 0 Å². The fraction of sp³-hybridized carbons (Fsp3) is 0.680. The second-order valence-corrected chi connectivity index (χ2v) is 8.74. The van der Waals surface area contributed by atoms with Gasteiger partial charge in [-0.3, -0.25) is 9.59 Å². The number of carbonyl (C=O) groups excluding carboxylic acids is 1. The zero-order valence-corrected chi connectivity index (χ0v) is 18.5. The predicted octanol–water partition coefficient (Wildman–Crippen LogP) is 6.88. The van der Waals surface area contributed by atoms with Crippen molar-refractivity contribution in [3.05, 3.63) is 29.8 Å². The number of anilines is 1. The van der Waals surface area contributed by atoms with Crippen LogP contribution in [-0.2, 0) is 4.79 Å². The maximum Gasteiger partial charge on any atom is 0.314 e. The van der Waals surface area contributed by atoms with Crippen LogP contribution in [-0.4, -0.2) is 16.9 Å². The molecular formula is C25H41NO3. The van der Waals surface area contributed by atoms with Gasteiger partial charge in [-0.05, 0) is 36.6 Å². The lowest BCUT2D eigenvalue weighted by Gasteiger charge is -2.11. The number of benzene rings is 1. The first-order valence-corrected chi connectivity index (χ1v) is 11.5. The summed E-state index contributed by atoms with van der Waals surface area (Å²) in [5.74, 6) is -1.46. The molecule has 164 valence electrons. The molecule has 0 aliphatic carbocycles. The van der Waals surface area contributed by atoms with E-state index in [1.54, 1.807) is 24.3 Å². The monoisotopic (exact) mass is 403 g/mol. The third kappa shape index (κ3) is 11.7. The molecule has 1 aromatic rings. The van der Waals surface area contributed by atoms with E-state index < -0.39 is 11.9 Å². The maximum atomic E-state index is 12.4. The van der Waals surface area contributed by atoms with Crippen LogP contribution in [0.25, 0.3) is 0 Å². The molecule has 0 spiro atoms.